The fourth-order valence-electron chi connectivity index (χ4n) is 5.57. The van der Waals surface area contributed by atoms with Crippen LogP contribution in [0.3, 0.4) is 0 Å². The maximum atomic E-state index is 12.3. The molecular weight excluding hydrogens is 759 g/mol. The first-order chi connectivity index (χ1) is 26.1. The van der Waals surface area contributed by atoms with Crippen LogP contribution >= 0.6 is 0 Å². The average molecular weight is 788 g/mol. The summed E-state index contributed by atoms with van der Waals surface area (Å²) in [5.74, 6) is -1.44. The van der Waals surface area contributed by atoms with Gasteiger partial charge in [0.1, 0.15) is 51.4 Å². The normalized spacial score (nSPS) is 12.1. The number of phenolic OH excluding ortho intramolecular Hbond substituents is 2. The van der Waals surface area contributed by atoms with Crippen LogP contribution in [0, 0.1) is 0 Å². The van der Waals surface area contributed by atoms with Gasteiger partial charge in [-0.15, -0.1) is 20.5 Å². The first-order valence-corrected chi connectivity index (χ1v) is 18.6. The molecule has 0 saturated carbocycles. The third-order valence-electron chi connectivity index (χ3n) is 8.22. The van der Waals surface area contributed by atoms with Crippen molar-refractivity contribution in [1.29, 1.82) is 0 Å². The van der Waals surface area contributed by atoms with Crippen LogP contribution in [0.1, 0.15) is 0 Å². The SMILES string of the molecule is COc1cc(-c2ccc(N=Nc3c(O)ccc4cc(S(=O)(=O)O)ccc34)c(OC)c2)ccc1N=Nc1c(S(=O)(=O)O)cc2cc(NCC(=O)O)ccc2c1O. The quantitative estimate of drug-likeness (QED) is 0.0509. The molecule has 55 heavy (non-hydrogen) atoms. The van der Waals surface area contributed by atoms with Gasteiger partial charge in [-0.2, -0.15) is 16.8 Å². The van der Waals surface area contributed by atoms with E-state index in [0.717, 1.165) is 6.07 Å². The molecule has 0 saturated heterocycles. The molecule has 0 heterocycles. The van der Waals surface area contributed by atoms with Gasteiger partial charge in [-0.05, 0) is 88.6 Å². The Hall–Kier alpha value is -6.67. The minimum Gasteiger partial charge on any atom is -0.506 e. The minimum atomic E-state index is -4.92. The summed E-state index contributed by atoms with van der Waals surface area (Å²) in [6.45, 7) is -0.410. The molecule has 19 heteroatoms. The Kier molecular flexibility index (Phi) is 10.4. The number of rotatable bonds is 12. The highest BCUT2D eigenvalue weighted by atomic mass is 32.2. The Labute approximate surface area is 312 Å². The molecular formula is C36H29N5O12S2. The molecule has 6 rings (SSSR count). The van der Waals surface area contributed by atoms with E-state index in [9.17, 15) is 40.9 Å². The van der Waals surface area contributed by atoms with E-state index in [-0.39, 0.29) is 44.2 Å². The molecule has 0 aromatic heterocycles. The van der Waals surface area contributed by atoms with Crippen molar-refractivity contribution in [1.82, 2.24) is 0 Å². The number of carboxylic acid groups (broad SMARTS) is 1. The van der Waals surface area contributed by atoms with Crippen molar-refractivity contribution < 1.29 is 55.5 Å². The Morgan fingerprint density at radius 3 is 1.82 bits per heavy atom. The van der Waals surface area contributed by atoms with Crippen LogP contribution in [-0.4, -0.2) is 68.0 Å². The molecule has 0 radical (unpaired) electrons. The summed E-state index contributed by atoms with van der Waals surface area (Å²) in [4.78, 5) is 9.87. The predicted molar refractivity (Wildman–Crippen MR) is 200 cm³/mol. The highest BCUT2D eigenvalue weighted by molar-refractivity contribution is 7.86. The number of methoxy groups -OCH3 is 2. The van der Waals surface area contributed by atoms with Gasteiger partial charge in [0.2, 0.25) is 0 Å². The second-order valence-electron chi connectivity index (χ2n) is 11.7. The monoisotopic (exact) mass is 787 g/mol. The number of aromatic hydroxyl groups is 2. The van der Waals surface area contributed by atoms with Gasteiger partial charge in [-0.25, -0.2) is 0 Å². The molecule has 0 fully saturated rings. The van der Waals surface area contributed by atoms with Crippen LogP contribution in [-0.2, 0) is 25.0 Å². The van der Waals surface area contributed by atoms with Crippen LogP contribution in [0.4, 0.5) is 28.4 Å². The zero-order chi connectivity index (χ0) is 39.7. The van der Waals surface area contributed by atoms with Gasteiger partial charge in [0, 0.05) is 16.5 Å². The topological polar surface area (TPSA) is 266 Å². The van der Waals surface area contributed by atoms with E-state index in [1.807, 2.05) is 0 Å². The summed E-state index contributed by atoms with van der Waals surface area (Å²) in [5, 5.41) is 50.7. The molecule has 6 aromatic carbocycles. The third kappa shape index (κ3) is 8.14. The van der Waals surface area contributed by atoms with E-state index >= 15 is 0 Å². The number of anilines is 1. The Morgan fingerprint density at radius 1 is 0.655 bits per heavy atom. The van der Waals surface area contributed by atoms with Crippen molar-refractivity contribution in [3.63, 3.8) is 0 Å². The van der Waals surface area contributed by atoms with Gasteiger partial charge in [-0.3, -0.25) is 13.9 Å². The number of azo groups is 2. The summed E-state index contributed by atoms with van der Waals surface area (Å²) in [6, 6.07) is 21.8. The number of hydrogen-bond donors (Lipinski definition) is 6. The lowest BCUT2D eigenvalue weighted by Crippen LogP contribution is -2.12. The number of hydrogen-bond acceptors (Lipinski definition) is 14. The molecule has 0 aliphatic heterocycles. The summed E-state index contributed by atoms with van der Waals surface area (Å²) in [6.07, 6.45) is 0. The maximum absolute atomic E-state index is 12.3. The van der Waals surface area contributed by atoms with Crippen LogP contribution in [0.25, 0.3) is 32.7 Å². The van der Waals surface area contributed by atoms with Gasteiger partial charge >= 0.3 is 5.97 Å². The summed E-state index contributed by atoms with van der Waals surface area (Å²) in [7, 11) is -6.58. The van der Waals surface area contributed by atoms with Crippen molar-refractivity contribution in [2.45, 2.75) is 9.79 Å². The average Bonchev–Trinajstić information content (AvgIpc) is 3.15. The largest absolute Gasteiger partial charge is 0.506 e. The highest BCUT2D eigenvalue weighted by Gasteiger charge is 2.23. The van der Waals surface area contributed by atoms with Gasteiger partial charge in [0.15, 0.2) is 5.75 Å². The lowest BCUT2D eigenvalue weighted by Gasteiger charge is -2.12. The van der Waals surface area contributed by atoms with Gasteiger partial charge in [-0.1, -0.05) is 24.3 Å². The van der Waals surface area contributed by atoms with Gasteiger partial charge in [0.25, 0.3) is 20.2 Å². The lowest BCUT2D eigenvalue weighted by molar-refractivity contribution is -0.134. The standard InChI is InChI=1S/C36H29N5O12S2/c1-52-30-15-19(3-10-27(30)38-40-34-25-9-7-24(54(46,47)48)14-21(25)5-12-29(34)42)20-4-11-28(31(16-20)53-2)39-41-35-32(55(49,50)51)17-22-13-23(37-18-33(43)44)6-8-26(22)36(35)45/h3-17,37,42,45H,18H2,1-2H3,(H,43,44)(H,46,47,48)(H,49,50,51). The smallest absolute Gasteiger partial charge is 0.322 e. The third-order valence-corrected chi connectivity index (χ3v) is 9.94. The summed E-state index contributed by atoms with van der Waals surface area (Å²) >= 11 is 0. The van der Waals surface area contributed by atoms with Crippen LogP contribution in [0.2, 0.25) is 0 Å². The van der Waals surface area contributed by atoms with E-state index < -0.39 is 49.1 Å². The van der Waals surface area contributed by atoms with E-state index in [2.05, 4.69) is 25.8 Å². The molecule has 282 valence electrons. The number of nitrogens with zero attached hydrogens (tertiary/aromatic N) is 4. The molecule has 0 amide bonds. The second-order valence-corrected chi connectivity index (χ2v) is 14.5. The van der Waals surface area contributed by atoms with E-state index in [1.54, 1.807) is 30.3 Å². The minimum absolute atomic E-state index is 0.0557. The van der Waals surface area contributed by atoms with Crippen molar-refractivity contribution >= 4 is 76.2 Å². The predicted octanol–water partition coefficient (Wildman–Crippen LogP) is 7.91. The van der Waals surface area contributed by atoms with Crippen LogP contribution in [0.5, 0.6) is 23.0 Å². The number of benzene rings is 6. The van der Waals surface area contributed by atoms with E-state index in [0.29, 0.717) is 33.3 Å². The first-order valence-electron chi connectivity index (χ1n) is 15.7. The number of fused-ring (bicyclic) bond motifs is 2. The zero-order valence-electron chi connectivity index (χ0n) is 28.6. The highest BCUT2D eigenvalue weighted by Crippen LogP contribution is 2.44. The lowest BCUT2D eigenvalue weighted by atomic mass is 10.0. The number of carbonyl (C=O) groups is 1. The number of phenols is 2. The number of ether oxygens (including phenoxy) is 2. The Balaban J connectivity index is 1.31. The number of carboxylic acids is 1. The molecule has 0 atom stereocenters. The van der Waals surface area contributed by atoms with E-state index in [1.165, 1.54) is 68.8 Å². The number of nitrogens with one attached hydrogen (secondary N) is 1. The van der Waals surface area contributed by atoms with Gasteiger partial charge < -0.3 is 30.1 Å². The van der Waals surface area contributed by atoms with Crippen LogP contribution < -0.4 is 14.8 Å². The van der Waals surface area contributed by atoms with Crippen molar-refractivity contribution in [3.8, 4) is 34.1 Å². The van der Waals surface area contributed by atoms with Crippen LogP contribution in [0.15, 0.2) is 121 Å². The Morgan fingerprint density at radius 2 is 1.25 bits per heavy atom. The Bertz CT molecular complexity index is 2810. The van der Waals surface area contributed by atoms with E-state index in [4.69, 9.17) is 14.6 Å². The fourth-order valence-corrected chi connectivity index (χ4v) is 6.74. The molecule has 0 unspecified atom stereocenters. The summed E-state index contributed by atoms with van der Waals surface area (Å²) in [5.41, 5.74) is 1.53. The fraction of sp³-hybridized carbons (Fsp3) is 0.0833. The van der Waals surface area contributed by atoms with Crippen molar-refractivity contribution in [2.75, 3.05) is 26.1 Å². The molecule has 6 aromatic rings. The molecule has 6 N–H and O–H groups in total. The molecule has 17 nitrogen and oxygen atoms in total. The second kappa shape index (κ2) is 15.0. The van der Waals surface area contributed by atoms with Gasteiger partial charge in [0.05, 0.1) is 19.1 Å². The molecule has 0 aliphatic carbocycles. The molecule has 0 aliphatic rings. The maximum Gasteiger partial charge on any atom is 0.322 e. The summed E-state index contributed by atoms with van der Waals surface area (Å²) < 4.78 is 78.3. The van der Waals surface area contributed by atoms with Crippen molar-refractivity contribution in [3.05, 3.63) is 91.0 Å². The molecule has 0 spiro atoms. The number of aliphatic carboxylic acids is 1. The molecule has 0 bridgehead atoms. The zero-order valence-corrected chi connectivity index (χ0v) is 30.2. The first kappa shape index (κ1) is 38.1. The van der Waals surface area contributed by atoms with Crippen molar-refractivity contribution in [2.24, 2.45) is 20.5 Å².